The molecule has 1 unspecified atom stereocenters. The SMILES string of the molecule is CC1(C(=O)O)CCCN1C(=O)C1C2CC3CC(C2)CC1C3. The number of carboxylic acid groups (broad SMARTS) is 1. The summed E-state index contributed by atoms with van der Waals surface area (Å²) in [7, 11) is 0. The van der Waals surface area contributed by atoms with Crippen LogP contribution in [0.5, 0.6) is 0 Å². The number of carboxylic acids is 1. The van der Waals surface area contributed by atoms with Gasteiger partial charge in [0.1, 0.15) is 5.54 Å². The Balaban J connectivity index is 1.59. The molecule has 0 radical (unpaired) electrons. The standard InChI is InChI=1S/C17H25NO3/c1-17(16(20)21)3-2-4-18(17)15(19)14-12-6-10-5-11(8-12)9-13(14)7-10/h10-14H,2-9H2,1H3,(H,20,21). The van der Waals surface area contributed by atoms with Crippen molar-refractivity contribution < 1.29 is 14.7 Å². The third kappa shape index (κ3) is 1.87. The molecule has 5 fully saturated rings. The molecule has 4 aliphatic carbocycles. The van der Waals surface area contributed by atoms with Gasteiger partial charge in [-0.2, -0.15) is 0 Å². The number of carbonyl (C=O) groups is 2. The van der Waals surface area contributed by atoms with Gasteiger partial charge in [0.05, 0.1) is 0 Å². The maximum atomic E-state index is 13.1. The van der Waals surface area contributed by atoms with Crippen molar-refractivity contribution in [3.8, 4) is 0 Å². The summed E-state index contributed by atoms with van der Waals surface area (Å²) < 4.78 is 0. The second-order valence-corrected chi connectivity index (χ2v) is 8.13. The molecule has 116 valence electrons. The number of rotatable bonds is 2. The lowest BCUT2D eigenvalue weighted by Crippen LogP contribution is -2.57. The summed E-state index contributed by atoms with van der Waals surface area (Å²) in [6.45, 7) is 2.36. The van der Waals surface area contributed by atoms with Crippen molar-refractivity contribution in [2.75, 3.05) is 6.54 Å². The molecule has 4 heteroatoms. The van der Waals surface area contributed by atoms with Crippen molar-refractivity contribution in [1.82, 2.24) is 4.90 Å². The van der Waals surface area contributed by atoms with Crippen molar-refractivity contribution in [2.24, 2.45) is 29.6 Å². The first-order chi connectivity index (χ1) is 9.99. The normalized spacial score (nSPS) is 47.9. The molecule has 0 aromatic carbocycles. The van der Waals surface area contributed by atoms with Crippen molar-refractivity contribution in [2.45, 2.75) is 57.4 Å². The fourth-order valence-corrected chi connectivity index (χ4v) is 6.05. The summed E-state index contributed by atoms with van der Waals surface area (Å²) in [6, 6.07) is 0. The lowest BCUT2D eigenvalue weighted by atomic mass is 9.51. The minimum Gasteiger partial charge on any atom is -0.480 e. The molecular formula is C17H25NO3. The van der Waals surface area contributed by atoms with Crippen molar-refractivity contribution in [3.05, 3.63) is 0 Å². The van der Waals surface area contributed by atoms with Crippen LogP contribution >= 0.6 is 0 Å². The summed E-state index contributed by atoms with van der Waals surface area (Å²) in [5.74, 6) is 2.21. The lowest BCUT2D eigenvalue weighted by Gasteiger charge is -2.54. The summed E-state index contributed by atoms with van der Waals surface area (Å²) >= 11 is 0. The highest BCUT2D eigenvalue weighted by Gasteiger charge is 2.55. The van der Waals surface area contributed by atoms with Crippen LogP contribution in [0.15, 0.2) is 0 Å². The van der Waals surface area contributed by atoms with E-state index in [4.69, 9.17) is 0 Å². The van der Waals surface area contributed by atoms with Gasteiger partial charge in [-0.15, -0.1) is 0 Å². The Morgan fingerprint density at radius 1 is 1.05 bits per heavy atom. The smallest absolute Gasteiger partial charge is 0.329 e. The van der Waals surface area contributed by atoms with E-state index in [9.17, 15) is 14.7 Å². The Bertz CT molecular complexity index is 460. The summed E-state index contributed by atoms with van der Waals surface area (Å²) in [5.41, 5.74) is -0.967. The van der Waals surface area contributed by atoms with Gasteiger partial charge in [0.25, 0.3) is 0 Å². The minimum absolute atomic E-state index is 0.120. The van der Waals surface area contributed by atoms with Gasteiger partial charge in [0.15, 0.2) is 0 Å². The average molecular weight is 291 g/mol. The number of likely N-dealkylation sites (tertiary alicyclic amines) is 1. The predicted molar refractivity (Wildman–Crippen MR) is 77.5 cm³/mol. The Kier molecular flexibility index (Phi) is 2.89. The minimum atomic E-state index is -0.967. The Morgan fingerprint density at radius 3 is 2.14 bits per heavy atom. The largest absolute Gasteiger partial charge is 0.480 e. The van der Waals surface area contributed by atoms with Crippen LogP contribution in [0.2, 0.25) is 0 Å². The van der Waals surface area contributed by atoms with Crippen LogP contribution in [0.4, 0.5) is 0 Å². The van der Waals surface area contributed by atoms with Crippen LogP contribution in [0.3, 0.4) is 0 Å². The second kappa shape index (κ2) is 4.47. The van der Waals surface area contributed by atoms with E-state index >= 15 is 0 Å². The first-order valence-corrected chi connectivity index (χ1v) is 8.54. The molecule has 1 N–H and O–H groups in total. The fourth-order valence-electron chi connectivity index (χ4n) is 6.05. The molecule has 0 aromatic rings. The van der Waals surface area contributed by atoms with Crippen molar-refractivity contribution >= 4 is 11.9 Å². The van der Waals surface area contributed by atoms with Crippen LogP contribution in [-0.2, 0) is 9.59 Å². The van der Waals surface area contributed by atoms with Crippen LogP contribution in [0.1, 0.15) is 51.9 Å². The highest BCUT2D eigenvalue weighted by Crippen LogP contribution is 2.57. The second-order valence-electron chi connectivity index (χ2n) is 8.13. The Hall–Kier alpha value is -1.06. The van der Waals surface area contributed by atoms with E-state index in [1.807, 2.05) is 0 Å². The maximum Gasteiger partial charge on any atom is 0.329 e. The van der Waals surface area contributed by atoms with Gasteiger partial charge >= 0.3 is 5.97 Å². The van der Waals surface area contributed by atoms with Crippen LogP contribution < -0.4 is 0 Å². The number of carbonyl (C=O) groups excluding carboxylic acids is 1. The molecule has 5 aliphatic rings. The van der Waals surface area contributed by atoms with Gasteiger partial charge in [-0.1, -0.05) is 0 Å². The molecule has 4 saturated carbocycles. The summed E-state index contributed by atoms with van der Waals surface area (Å²) in [6.07, 6.45) is 7.64. The summed E-state index contributed by atoms with van der Waals surface area (Å²) in [4.78, 5) is 26.5. The molecule has 1 heterocycles. The van der Waals surface area contributed by atoms with E-state index in [0.717, 1.165) is 18.3 Å². The first kappa shape index (κ1) is 13.6. The van der Waals surface area contributed by atoms with E-state index in [-0.39, 0.29) is 11.8 Å². The number of hydrogen-bond acceptors (Lipinski definition) is 2. The van der Waals surface area contributed by atoms with E-state index in [1.165, 1.54) is 32.1 Å². The van der Waals surface area contributed by atoms with E-state index in [1.54, 1.807) is 11.8 Å². The molecule has 21 heavy (non-hydrogen) atoms. The number of amides is 1. The molecule has 0 spiro atoms. The van der Waals surface area contributed by atoms with Crippen LogP contribution in [0, 0.1) is 29.6 Å². The third-order valence-corrected chi connectivity index (χ3v) is 6.88. The quantitative estimate of drug-likeness (QED) is 0.850. The molecule has 1 saturated heterocycles. The topological polar surface area (TPSA) is 57.6 Å². The van der Waals surface area contributed by atoms with Crippen LogP contribution in [-0.4, -0.2) is 34.0 Å². The first-order valence-electron chi connectivity index (χ1n) is 8.54. The Morgan fingerprint density at radius 2 is 1.62 bits per heavy atom. The Labute approximate surface area is 125 Å². The predicted octanol–water partition coefficient (Wildman–Crippen LogP) is 2.52. The van der Waals surface area contributed by atoms with E-state index in [0.29, 0.717) is 24.8 Å². The number of hydrogen-bond donors (Lipinski definition) is 1. The zero-order chi connectivity index (χ0) is 14.8. The molecule has 4 nitrogen and oxygen atoms in total. The molecule has 1 amide bonds. The highest BCUT2D eigenvalue weighted by molar-refractivity contribution is 5.89. The molecule has 1 aliphatic heterocycles. The molecule has 5 rings (SSSR count). The van der Waals surface area contributed by atoms with E-state index < -0.39 is 11.5 Å². The van der Waals surface area contributed by atoms with Gasteiger partial charge in [0.2, 0.25) is 5.91 Å². The lowest BCUT2D eigenvalue weighted by molar-refractivity contribution is -0.163. The van der Waals surface area contributed by atoms with Crippen molar-refractivity contribution in [1.29, 1.82) is 0 Å². The van der Waals surface area contributed by atoms with Gasteiger partial charge in [-0.3, -0.25) is 4.79 Å². The van der Waals surface area contributed by atoms with Gasteiger partial charge in [0, 0.05) is 12.5 Å². The molecule has 0 aromatic heterocycles. The number of aliphatic carboxylic acids is 1. The maximum absolute atomic E-state index is 13.1. The van der Waals surface area contributed by atoms with Gasteiger partial charge < -0.3 is 10.0 Å². The highest BCUT2D eigenvalue weighted by atomic mass is 16.4. The van der Waals surface area contributed by atoms with Crippen LogP contribution in [0.25, 0.3) is 0 Å². The zero-order valence-electron chi connectivity index (χ0n) is 12.8. The van der Waals surface area contributed by atoms with Gasteiger partial charge in [-0.05, 0) is 75.5 Å². The molecule has 1 atom stereocenters. The average Bonchev–Trinajstić information content (AvgIpc) is 2.80. The van der Waals surface area contributed by atoms with Gasteiger partial charge in [-0.25, -0.2) is 4.79 Å². The number of nitrogens with zero attached hydrogens (tertiary/aromatic N) is 1. The molecular weight excluding hydrogens is 266 g/mol. The van der Waals surface area contributed by atoms with Crippen molar-refractivity contribution in [3.63, 3.8) is 0 Å². The monoisotopic (exact) mass is 291 g/mol. The molecule has 4 bridgehead atoms. The van der Waals surface area contributed by atoms with E-state index in [2.05, 4.69) is 0 Å². The fraction of sp³-hybridized carbons (Fsp3) is 0.882. The zero-order valence-corrected chi connectivity index (χ0v) is 12.8. The summed E-state index contributed by atoms with van der Waals surface area (Å²) in [5, 5.41) is 9.55. The third-order valence-electron chi connectivity index (χ3n) is 6.88.